The number of nitrogens with zero attached hydrogens (tertiary/aromatic N) is 2. The summed E-state index contributed by atoms with van der Waals surface area (Å²) >= 11 is 7.72. The maximum absolute atomic E-state index is 12.0. The molecule has 0 unspecified atom stereocenters. The van der Waals surface area contributed by atoms with Gasteiger partial charge in [-0.1, -0.05) is 11.6 Å². The van der Waals surface area contributed by atoms with Gasteiger partial charge < -0.3 is 14.8 Å². The Balaban J connectivity index is 2.46. The molecule has 108 valence electrons. The van der Waals surface area contributed by atoms with E-state index in [4.69, 9.17) is 11.6 Å². The van der Waals surface area contributed by atoms with Crippen molar-refractivity contribution < 1.29 is 4.79 Å². The normalized spacial score (nSPS) is 12.3. The van der Waals surface area contributed by atoms with E-state index in [-0.39, 0.29) is 12.1 Å². The monoisotopic (exact) mass is 303 g/mol. The molecule has 6 heteroatoms. The third-order valence-electron chi connectivity index (χ3n) is 2.95. The minimum atomic E-state index is -0.0501. The molecular formula is C13H22ClN3OS. The summed E-state index contributed by atoms with van der Waals surface area (Å²) in [5, 5.41) is 3.69. The Morgan fingerprint density at radius 1 is 1.63 bits per heavy atom. The number of urea groups is 1. The lowest BCUT2D eigenvalue weighted by atomic mass is 10.3. The topological polar surface area (TPSA) is 37.3 Å². The highest BCUT2D eigenvalue weighted by Crippen LogP contribution is 2.14. The quantitative estimate of drug-likeness (QED) is 0.877. The van der Waals surface area contributed by atoms with Gasteiger partial charge in [-0.2, -0.15) is 11.8 Å². The molecule has 0 aromatic carbocycles. The summed E-state index contributed by atoms with van der Waals surface area (Å²) < 4.78 is 1.93. The summed E-state index contributed by atoms with van der Waals surface area (Å²) in [4.78, 5) is 13.7. The first kappa shape index (κ1) is 16.2. The lowest BCUT2D eigenvalue weighted by molar-refractivity contribution is 0.202. The molecule has 0 fully saturated rings. The van der Waals surface area contributed by atoms with E-state index in [0.717, 1.165) is 17.9 Å². The number of halogens is 1. The molecular weight excluding hydrogens is 282 g/mol. The van der Waals surface area contributed by atoms with Crippen molar-refractivity contribution in [2.24, 2.45) is 7.05 Å². The van der Waals surface area contributed by atoms with E-state index in [1.807, 2.05) is 30.8 Å². The smallest absolute Gasteiger partial charge is 0.317 e. The van der Waals surface area contributed by atoms with Gasteiger partial charge in [0.05, 0.1) is 11.6 Å². The number of aromatic nitrogens is 1. The van der Waals surface area contributed by atoms with Crippen LogP contribution >= 0.6 is 23.4 Å². The molecule has 0 aliphatic carbocycles. The summed E-state index contributed by atoms with van der Waals surface area (Å²) in [6.45, 7) is 2.58. The predicted molar refractivity (Wildman–Crippen MR) is 82.9 cm³/mol. The molecule has 1 heterocycles. The lowest BCUT2D eigenvalue weighted by Gasteiger charge is -2.21. The van der Waals surface area contributed by atoms with Gasteiger partial charge in [0.1, 0.15) is 0 Å². The third kappa shape index (κ3) is 5.37. The van der Waals surface area contributed by atoms with Crippen molar-refractivity contribution in [2.75, 3.05) is 19.1 Å². The fourth-order valence-corrected chi connectivity index (χ4v) is 2.59. The van der Waals surface area contributed by atoms with Crippen molar-refractivity contribution in [2.45, 2.75) is 25.9 Å². The Morgan fingerprint density at radius 3 is 2.84 bits per heavy atom. The molecule has 0 aliphatic heterocycles. The minimum Gasteiger partial charge on any atom is -0.351 e. The number of carbonyl (C=O) groups excluding carboxylic acids is 1. The Hall–Kier alpha value is -0.810. The van der Waals surface area contributed by atoms with Gasteiger partial charge in [-0.05, 0) is 31.4 Å². The fourth-order valence-electron chi connectivity index (χ4n) is 1.73. The lowest BCUT2D eigenvalue weighted by Crippen LogP contribution is -2.42. The standard InChI is InChI=1S/C13H22ClN3OS/c1-10(5-6-19-4)15-13(18)17(3)9-12-7-11(14)8-16(12)2/h7-8,10H,5-6,9H2,1-4H3,(H,15,18)/t10-/m0/s1. The predicted octanol–water partition coefficient (Wildman–Crippen LogP) is 2.96. The molecule has 1 aromatic rings. The molecule has 0 aliphatic rings. The van der Waals surface area contributed by atoms with Crippen LogP contribution < -0.4 is 5.32 Å². The number of amides is 2. The number of thioether (sulfide) groups is 1. The molecule has 0 saturated heterocycles. The molecule has 0 saturated carbocycles. The molecule has 0 radical (unpaired) electrons. The van der Waals surface area contributed by atoms with Crippen molar-refractivity contribution in [3.8, 4) is 0 Å². The van der Waals surface area contributed by atoms with Gasteiger partial charge in [0.15, 0.2) is 0 Å². The molecule has 4 nitrogen and oxygen atoms in total. The fraction of sp³-hybridized carbons (Fsp3) is 0.615. The first-order valence-corrected chi connectivity index (χ1v) is 8.02. The zero-order valence-electron chi connectivity index (χ0n) is 11.9. The highest BCUT2D eigenvalue weighted by Gasteiger charge is 2.13. The third-order valence-corrected chi connectivity index (χ3v) is 3.80. The van der Waals surface area contributed by atoms with Crippen LogP contribution in [0.2, 0.25) is 5.02 Å². The van der Waals surface area contributed by atoms with Crippen LogP contribution in [0, 0.1) is 0 Å². The van der Waals surface area contributed by atoms with Crippen molar-refractivity contribution in [1.82, 2.24) is 14.8 Å². The summed E-state index contributed by atoms with van der Waals surface area (Å²) in [6, 6.07) is 2.02. The van der Waals surface area contributed by atoms with E-state index in [0.29, 0.717) is 11.6 Å². The van der Waals surface area contributed by atoms with Crippen LogP contribution in [0.1, 0.15) is 19.0 Å². The number of hydrogen-bond donors (Lipinski definition) is 1. The summed E-state index contributed by atoms with van der Waals surface area (Å²) in [6.07, 6.45) is 4.89. The van der Waals surface area contributed by atoms with E-state index in [1.165, 1.54) is 0 Å². The van der Waals surface area contributed by atoms with Crippen molar-refractivity contribution in [3.05, 3.63) is 23.0 Å². The molecule has 2 amide bonds. The largest absolute Gasteiger partial charge is 0.351 e. The molecule has 1 aromatic heterocycles. The van der Waals surface area contributed by atoms with Crippen molar-refractivity contribution in [3.63, 3.8) is 0 Å². The first-order valence-electron chi connectivity index (χ1n) is 6.25. The zero-order valence-corrected chi connectivity index (χ0v) is 13.5. The van der Waals surface area contributed by atoms with Crippen LogP contribution in [0.5, 0.6) is 0 Å². The zero-order chi connectivity index (χ0) is 14.4. The van der Waals surface area contributed by atoms with Gasteiger partial charge in [0.25, 0.3) is 0 Å². The second-order valence-corrected chi connectivity index (χ2v) is 6.17. The van der Waals surface area contributed by atoms with Gasteiger partial charge in [-0.25, -0.2) is 4.79 Å². The van der Waals surface area contributed by atoms with Gasteiger partial charge in [-0.15, -0.1) is 0 Å². The number of rotatable bonds is 6. The summed E-state index contributed by atoms with van der Waals surface area (Å²) in [5.74, 6) is 1.05. The first-order chi connectivity index (χ1) is 8.93. The van der Waals surface area contributed by atoms with Crippen molar-refractivity contribution >= 4 is 29.4 Å². The van der Waals surface area contributed by atoms with E-state index in [1.54, 1.807) is 23.7 Å². The number of nitrogens with one attached hydrogen (secondary N) is 1. The molecule has 19 heavy (non-hydrogen) atoms. The number of aryl methyl sites for hydroxylation is 1. The Morgan fingerprint density at radius 2 is 2.32 bits per heavy atom. The number of carbonyl (C=O) groups is 1. The molecule has 1 N–H and O–H groups in total. The number of hydrogen-bond acceptors (Lipinski definition) is 2. The highest BCUT2D eigenvalue weighted by atomic mass is 35.5. The SMILES string of the molecule is CSCC[C@H](C)NC(=O)N(C)Cc1cc(Cl)cn1C. The Kier molecular flexibility index (Phi) is 6.58. The van der Waals surface area contributed by atoms with Gasteiger partial charge >= 0.3 is 6.03 Å². The summed E-state index contributed by atoms with van der Waals surface area (Å²) in [5.41, 5.74) is 1.01. The van der Waals surface area contributed by atoms with Gasteiger partial charge in [-0.3, -0.25) is 0 Å². The van der Waals surface area contributed by atoms with Gasteiger partial charge in [0.2, 0.25) is 0 Å². The maximum atomic E-state index is 12.0. The van der Waals surface area contributed by atoms with Crippen LogP contribution in [0.25, 0.3) is 0 Å². The van der Waals surface area contributed by atoms with Crippen LogP contribution in [-0.2, 0) is 13.6 Å². The van der Waals surface area contributed by atoms with Crippen LogP contribution in [0.3, 0.4) is 0 Å². The van der Waals surface area contributed by atoms with E-state index in [2.05, 4.69) is 11.6 Å². The highest BCUT2D eigenvalue weighted by molar-refractivity contribution is 7.98. The van der Waals surface area contributed by atoms with Gasteiger partial charge in [0, 0.05) is 32.0 Å². The van der Waals surface area contributed by atoms with Crippen molar-refractivity contribution in [1.29, 1.82) is 0 Å². The Bertz CT molecular complexity index is 422. The van der Waals surface area contributed by atoms with Crippen LogP contribution in [0.15, 0.2) is 12.3 Å². The second kappa shape index (κ2) is 7.70. The van der Waals surface area contributed by atoms with E-state index in [9.17, 15) is 4.79 Å². The second-order valence-electron chi connectivity index (χ2n) is 4.75. The molecule has 0 bridgehead atoms. The molecule has 1 atom stereocenters. The minimum absolute atomic E-state index is 0.0501. The Labute approximate surface area is 124 Å². The maximum Gasteiger partial charge on any atom is 0.317 e. The molecule has 1 rings (SSSR count). The van der Waals surface area contributed by atoms with E-state index < -0.39 is 0 Å². The van der Waals surface area contributed by atoms with Crippen LogP contribution in [0.4, 0.5) is 4.79 Å². The van der Waals surface area contributed by atoms with E-state index >= 15 is 0 Å². The van der Waals surface area contributed by atoms with Crippen LogP contribution in [-0.4, -0.2) is 40.6 Å². The molecule has 0 spiro atoms. The average molecular weight is 304 g/mol. The average Bonchev–Trinajstić information content (AvgIpc) is 2.65. The summed E-state index contributed by atoms with van der Waals surface area (Å²) in [7, 11) is 3.71.